The first-order chi connectivity index (χ1) is 16.5. The number of aliphatic hydroxyl groups is 2. The van der Waals surface area contributed by atoms with E-state index in [1.807, 2.05) is 29.3 Å². The summed E-state index contributed by atoms with van der Waals surface area (Å²) >= 11 is 1.42. The number of hydrogen-bond acceptors (Lipinski definition) is 7. The van der Waals surface area contributed by atoms with Gasteiger partial charge in [-0.05, 0) is 29.3 Å². The number of halogens is 2. The predicted octanol–water partition coefficient (Wildman–Crippen LogP) is 3.04. The van der Waals surface area contributed by atoms with Gasteiger partial charge in [-0.1, -0.05) is 24.3 Å². The molecule has 2 fully saturated rings. The Kier molecular flexibility index (Phi) is 5.14. The molecule has 0 aliphatic carbocycles. The van der Waals surface area contributed by atoms with Crippen molar-refractivity contribution in [2.75, 3.05) is 19.8 Å². The van der Waals surface area contributed by atoms with E-state index < -0.39 is 41.6 Å². The molecule has 1 amide bonds. The summed E-state index contributed by atoms with van der Waals surface area (Å²) in [5.74, 6) is -2.45. The Morgan fingerprint density at radius 2 is 1.94 bits per heavy atom. The predicted molar refractivity (Wildman–Crippen MR) is 119 cm³/mol. The molecule has 7 nitrogen and oxygen atoms in total. The van der Waals surface area contributed by atoms with Gasteiger partial charge in [0.25, 0.3) is 5.91 Å². The first-order valence-corrected chi connectivity index (χ1v) is 11.9. The molecule has 6 rings (SSSR count). The lowest BCUT2D eigenvalue weighted by Gasteiger charge is -2.55. The van der Waals surface area contributed by atoms with Crippen LogP contribution in [0.15, 0.2) is 65.0 Å². The van der Waals surface area contributed by atoms with Crippen molar-refractivity contribution >= 4 is 17.7 Å². The zero-order valence-corrected chi connectivity index (χ0v) is 18.7. The lowest BCUT2D eigenvalue weighted by Crippen LogP contribution is -2.67. The smallest absolute Gasteiger partial charge is 0.277 e. The SMILES string of the molecule is O=C1C2=C(O)C(O)C=CN2N([C@@H]2c3ccccc3SCc3c2ccc(F)c3F)[C@@H]2COCCN12. The van der Waals surface area contributed by atoms with Crippen molar-refractivity contribution in [1.29, 1.82) is 0 Å². The molecule has 0 aromatic heterocycles. The van der Waals surface area contributed by atoms with E-state index in [1.54, 1.807) is 11.0 Å². The van der Waals surface area contributed by atoms with Gasteiger partial charge in [0.1, 0.15) is 12.3 Å². The molecule has 4 aliphatic rings. The molecule has 4 aliphatic heterocycles. The molecule has 2 N–H and O–H groups in total. The lowest BCUT2D eigenvalue weighted by atomic mass is 9.92. The second-order valence-electron chi connectivity index (χ2n) is 8.46. The van der Waals surface area contributed by atoms with Crippen LogP contribution in [0.2, 0.25) is 0 Å². The summed E-state index contributed by atoms with van der Waals surface area (Å²) in [6.45, 7) is 0.811. The van der Waals surface area contributed by atoms with Gasteiger partial charge in [0.05, 0.1) is 19.3 Å². The maximum absolute atomic E-state index is 15.1. The number of fused-ring (bicyclic) bond motifs is 4. The number of amides is 1. The van der Waals surface area contributed by atoms with Gasteiger partial charge in [-0.3, -0.25) is 9.80 Å². The number of carbonyl (C=O) groups excluding carboxylic acids is 1. The quantitative estimate of drug-likeness (QED) is 0.643. The molecule has 0 saturated carbocycles. The third-order valence-electron chi connectivity index (χ3n) is 6.66. The summed E-state index contributed by atoms with van der Waals surface area (Å²) in [6.07, 6.45) is 1.02. The molecule has 4 heterocycles. The van der Waals surface area contributed by atoms with E-state index in [2.05, 4.69) is 0 Å². The number of aliphatic hydroxyl groups excluding tert-OH is 2. The van der Waals surface area contributed by atoms with Gasteiger partial charge >= 0.3 is 0 Å². The maximum Gasteiger partial charge on any atom is 0.277 e. The fourth-order valence-electron chi connectivity index (χ4n) is 5.06. The third kappa shape index (κ3) is 3.09. The van der Waals surface area contributed by atoms with Crippen molar-refractivity contribution in [3.8, 4) is 0 Å². The highest BCUT2D eigenvalue weighted by Crippen LogP contribution is 2.47. The van der Waals surface area contributed by atoms with Crippen molar-refractivity contribution in [2.45, 2.75) is 29.0 Å². The topological polar surface area (TPSA) is 76.5 Å². The Morgan fingerprint density at radius 3 is 2.79 bits per heavy atom. The molecule has 0 spiro atoms. The van der Waals surface area contributed by atoms with Crippen LogP contribution in [0.25, 0.3) is 0 Å². The fourth-order valence-corrected chi connectivity index (χ4v) is 6.17. The Morgan fingerprint density at radius 1 is 1.12 bits per heavy atom. The average Bonchev–Trinajstić information content (AvgIpc) is 3.01. The van der Waals surface area contributed by atoms with Gasteiger partial charge in [-0.15, -0.1) is 11.8 Å². The van der Waals surface area contributed by atoms with Crippen molar-refractivity contribution < 1.29 is 28.5 Å². The number of rotatable bonds is 1. The van der Waals surface area contributed by atoms with Gasteiger partial charge in [0, 0.05) is 29.0 Å². The second kappa shape index (κ2) is 8.09. The average molecular weight is 486 g/mol. The minimum atomic E-state index is -1.31. The van der Waals surface area contributed by atoms with Crippen molar-refractivity contribution in [3.05, 3.63) is 88.5 Å². The van der Waals surface area contributed by atoms with Crippen molar-refractivity contribution in [3.63, 3.8) is 0 Å². The molecule has 34 heavy (non-hydrogen) atoms. The zero-order chi connectivity index (χ0) is 23.6. The summed E-state index contributed by atoms with van der Waals surface area (Å²) in [7, 11) is 0. The van der Waals surface area contributed by atoms with Gasteiger partial charge in [-0.2, -0.15) is 5.01 Å². The minimum Gasteiger partial charge on any atom is -0.507 e. The summed E-state index contributed by atoms with van der Waals surface area (Å²) < 4.78 is 35.1. The number of hydrazine groups is 1. The molecule has 10 heteroatoms. The normalized spacial score (nSPS) is 26.6. The maximum atomic E-state index is 15.1. The van der Waals surface area contributed by atoms with Crippen LogP contribution in [-0.2, 0) is 15.3 Å². The number of ether oxygens (including phenoxy) is 1. The standard InChI is InChI=1S/C24H21F2N3O4S/c25-16-6-5-13-15(20(16)26)12-34-18-4-2-1-3-14(18)21(13)29-19-11-33-10-9-27(19)24(32)22-23(31)17(30)7-8-28(22)29/h1-8,17,19,21,30-31H,9-12H2/t17?,19-,21+/m1/s1. The summed E-state index contributed by atoms with van der Waals surface area (Å²) in [4.78, 5) is 15.9. The van der Waals surface area contributed by atoms with Crippen LogP contribution in [-0.4, -0.2) is 63.1 Å². The van der Waals surface area contributed by atoms with E-state index in [4.69, 9.17) is 4.74 Å². The first-order valence-electron chi connectivity index (χ1n) is 10.9. The molecule has 2 saturated heterocycles. The van der Waals surface area contributed by atoms with Crippen LogP contribution in [0.4, 0.5) is 8.78 Å². The lowest BCUT2D eigenvalue weighted by molar-refractivity contribution is -0.190. The van der Waals surface area contributed by atoms with E-state index in [0.717, 1.165) is 16.5 Å². The molecule has 0 radical (unpaired) electrons. The summed E-state index contributed by atoms with van der Waals surface area (Å²) in [5.41, 5.74) is 1.61. The van der Waals surface area contributed by atoms with E-state index >= 15 is 4.39 Å². The molecule has 3 atom stereocenters. The summed E-state index contributed by atoms with van der Waals surface area (Å²) in [6, 6.07) is 9.71. The minimum absolute atomic E-state index is 0.0633. The highest BCUT2D eigenvalue weighted by Gasteiger charge is 2.50. The summed E-state index contributed by atoms with van der Waals surface area (Å²) in [5, 5.41) is 24.3. The number of hydrogen-bond donors (Lipinski definition) is 2. The van der Waals surface area contributed by atoms with Crippen molar-refractivity contribution in [1.82, 2.24) is 14.9 Å². The van der Waals surface area contributed by atoms with Crippen LogP contribution in [0.3, 0.4) is 0 Å². The number of thioether (sulfide) groups is 1. The van der Waals surface area contributed by atoms with Gasteiger partial charge < -0.3 is 19.8 Å². The highest BCUT2D eigenvalue weighted by molar-refractivity contribution is 7.98. The number of benzene rings is 2. The second-order valence-corrected chi connectivity index (χ2v) is 9.47. The van der Waals surface area contributed by atoms with Crippen LogP contribution in [0.5, 0.6) is 0 Å². The first kappa shape index (κ1) is 21.6. The number of carbonyl (C=O) groups is 1. The van der Waals surface area contributed by atoms with Crippen LogP contribution < -0.4 is 0 Å². The molecular weight excluding hydrogens is 464 g/mol. The highest BCUT2D eigenvalue weighted by atomic mass is 32.2. The molecule has 2 aromatic carbocycles. The molecular formula is C24H21F2N3O4S. The van der Waals surface area contributed by atoms with Crippen molar-refractivity contribution in [2.24, 2.45) is 0 Å². The largest absolute Gasteiger partial charge is 0.507 e. The van der Waals surface area contributed by atoms with E-state index in [-0.39, 0.29) is 30.2 Å². The van der Waals surface area contributed by atoms with Crippen LogP contribution in [0, 0.1) is 11.6 Å². The van der Waals surface area contributed by atoms with Crippen LogP contribution in [0.1, 0.15) is 22.7 Å². The zero-order valence-electron chi connectivity index (χ0n) is 17.9. The van der Waals surface area contributed by atoms with E-state index in [1.165, 1.54) is 29.0 Å². The molecule has 2 aromatic rings. The molecule has 1 unspecified atom stereocenters. The fraction of sp³-hybridized carbons (Fsp3) is 0.292. The van der Waals surface area contributed by atoms with E-state index in [9.17, 15) is 19.4 Å². The number of nitrogens with zero attached hydrogens (tertiary/aromatic N) is 3. The monoisotopic (exact) mass is 485 g/mol. The van der Waals surface area contributed by atoms with Crippen LogP contribution >= 0.6 is 11.8 Å². The Hall–Kier alpha value is -2.92. The Labute approximate surface area is 198 Å². The molecule has 176 valence electrons. The van der Waals surface area contributed by atoms with Gasteiger partial charge in [0.15, 0.2) is 23.1 Å². The van der Waals surface area contributed by atoms with E-state index in [0.29, 0.717) is 12.2 Å². The molecule has 0 bridgehead atoms. The Balaban J connectivity index is 1.61. The number of morpholine rings is 1. The van der Waals surface area contributed by atoms with Gasteiger partial charge in [-0.25, -0.2) is 8.78 Å². The van der Waals surface area contributed by atoms with Gasteiger partial charge in [0.2, 0.25) is 0 Å². The third-order valence-corrected chi connectivity index (χ3v) is 7.78. The Bertz CT molecular complexity index is 1250.